The van der Waals surface area contributed by atoms with Gasteiger partial charge in [-0.15, -0.1) is 5.73 Å². The zero-order valence-electron chi connectivity index (χ0n) is 6.62. The lowest BCUT2D eigenvalue weighted by atomic mass is 10.3. The highest BCUT2D eigenvalue weighted by atomic mass is 15.1. The molecule has 0 aliphatic heterocycles. The van der Waals surface area contributed by atoms with Crippen LogP contribution in [0.1, 0.15) is 13.3 Å². The van der Waals surface area contributed by atoms with E-state index in [9.17, 15) is 0 Å². The maximum absolute atomic E-state index is 7.92. The van der Waals surface area contributed by atoms with Gasteiger partial charge in [0.15, 0.2) is 0 Å². The molecule has 0 aromatic rings. The molecule has 0 aliphatic carbocycles. The molecule has 0 radical (unpaired) electrons. The Morgan fingerprint density at radius 3 is 3.09 bits per heavy atom. The van der Waals surface area contributed by atoms with Crippen LogP contribution in [0.5, 0.6) is 0 Å². The molecule has 0 aromatic heterocycles. The standard InChI is InChI=1S/C8H11N3/c1-3-8(2)6-4-5-7-10-11-9/h3-4H,1,5,7H2,2H3. The largest absolute Gasteiger partial charge is 0.122 e. The highest BCUT2D eigenvalue weighted by Crippen LogP contribution is 1.90. The van der Waals surface area contributed by atoms with Gasteiger partial charge in [0.1, 0.15) is 0 Å². The van der Waals surface area contributed by atoms with Crippen LogP contribution in [-0.4, -0.2) is 6.54 Å². The summed E-state index contributed by atoms with van der Waals surface area (Å²) >= 11 is 0. The highest BCUT2D eigenvalue weighted by molar-refractivity contribution is 5.11. The third kappa shape index (κ3) is 6.46. The minimum atomic E-state index is 0.494. The Hall–Kier alpha value is -1.43. The maximum atomic E-state index is 7.92. The van der Waals surface area contributed by atoms with E-state index in [4.69, 9.17) is 5.53 Å². The molecule has 0 aromatic carbocycles. The average molecular weight is 149 g/mol. The van der Waals surface area contributed by atoms with Crippen molar-refractivity contribution in [2.45, 2.75) is 13.3 Å². The summed E-state index contributed by atoms with van der Waals surface area (Å²) in [4.78, 5) is 2.62. The van der Waals surface area contributed by atoms with E-state index in [2.05, 4.69) is 22.3 Å². The van der Waals surface area contributed by atoms with E-state index in [1.807, 2.05) is 13.0 Å². The van der Waals surface area contributed by atoms with Crippen molar-refractivity contribution in [3.63, 3.8) is 0 Å². The lowest BCUT2D eigenvalue weighted by molar-refractivity contribution is 0.993. The molecule has 0 unspecified atom stereocenters. The van der Waals surface area contributed by atoms with Crippen molar-refractivity contribution < 1.29 is 0 Å². The summed E-state index contributed by atoms with van der Waals surface area (Å²) in [6.07, 6.45) is 4.30. The van der Waals surface area contributed by atoms with Crippen LogP contribution in [-0.2, 0) is 0 Å². The van der Waals surface area contributed by atoms with Crippen LogP contribution in [0.15, 0.2) is 35.1 Å². The zero-order chi connectivity index (χ0) is 8.53. The molecular weight excluding hydrogens is 138 g/mol. The third-order valence-electron chi connectivity index (χ3n) is 1.07. The van der Waals surface area contributed by atoms with E-state index in [0.29, 0.717) is 6.54 Å². The summed E-state index contributed by atoms with van der Waals surface area (Å²) in [5.41, 5.74) is 11.9. The lowest BCUT2D eigenvalue weighted by Gasteiger charge is -1.81. The molecule has 0 amide bonds. The second kappa shape index (κ2) is 6.69. The van der Waals surface area contributed by atoms with Crippen LogP contribution < -0.4 is 0 Å². The van der Waals surface area contributed by atoms with E-state index < -0.39 is 0 Å². The fourth-order valence-corrected chi connectivity index (χ4v) is 0.459. The van der Waals surface area contributed by atoms with E-state index in [-0.39, 0.29) is 0 Å². The van der Waals surface area contributed by atoms with Gasteiger partial charge >= 0.3 is 0 Å². The Kier molecular flexibility index (Phi) is 5.82. The number of azide groups is 1. The SMILES string of the molecule is C=CC(C)=C=CCCN=[N+]=[N-]. The lowest BCUT2D eigenvalue weighted by Crippen LogP contribution is -1.70. The molecular formula is C8H11N3. The fourth-order valence-electron chi connectivity index (χ4n) is 0.459. The van der Waals surface area contributed by atoms with Gasteiger partial charge in [-0.1, -0.05) is 17.8 Å². The van der Waals surface area contributed by atoms with Crippen LogP contribution in [0, 0.1) is 0 Å². The molecule has 0 saturated carbocycles. The van der Waals surface area contributed by atoms with Gasteiger partial charge in [-0.05, 0) is 30.5 Å². The van der Waals surface area contributed by atoms with E-state index in [1.54, 1.807) is 6.08 Å². The van der Waals surface area contributed by atoms with Crippen LogP contribution in [0.4, 0.5) is 0 Å². The highest BCUT2D eigenvalue weighted by Gasteiger charge is 1.75. The van der Waals surface area contributed by atoms with Crippen LogP contribution in [0.25, 0.3) is 10.4 Å². The van der Waals surface area contributed by atoms with Crippen LogP contribution in [0.2, 0.25) is 0 Å². The molecule has 0 heterocycles. The van der Waals surface area contributed by atoms with Crippen LogP contribution in [0.3, 0.4) is 0 Å². The van der Waals surface area contributed by atoms with E-state index in [0.717, 1.165) is 12.0 Å². The Morgan fingerprint density at radius 2 is 2.55 bits per heavy atom. The minimum Gasteiger partial charge on any atom is -0.122 e. The van der Waals surface area contributed by atoms with Crippen molar-refractivity contribution in [1.82, 2.24) is 0 Å². The molecule has 0 saturated heterocycles. The molecule has 0 atom stereocenters. The predicted octanol–water partition coefficient (Wildman–Crippen LogP) is 2.97. The topological polar surface area (TPSA) is 48.8 Å². The maximum Gasteiger partial charge on any atom is 0.0298 e. The first-order chi connectivity index (χ1) is 5.31. The fraction of sp³-hybridized carbons (Fsp3) is 0.375. The number of rotatable bonds is 4. The Bertz CT molecular complexity index is 228. The first kappa shape index (κ1) is 9.57. The van der Waals surface area contributed by atoms with Gasteiger partial charge < -0.3 is 0 Å². The normalized spacial score (nSPS) is 7.36. The minimum absolute atomic E-state index is 0.494. The number of hydrogen-bond donors (Lipinski definition) is 0. The summed E-state index contributed by atoms with van der Waals surface area (Å²) < 4.78 is 0. The van der Waals surface area contributed by atoms with E-state index >= 15 is 0 Å². The van der Waals surface area contributed by atoms with Gasteiger partial charge in [0.25, 0.3) is 0 Å². The van der Waals surface area contributed by atoms with Crippen molar-refractivity contribution in [3.8, 4) is 0 Å². The first-order valence-corrected chi connectivity index (χ1v) is 3.36. The predicted molar refractivity (Wildman–Crippen MR) is 46.1 cm³/mol. The first-order valence-electron chi connectivity index (χ1n) is 3.36. The summed E-state index contributed by atoms with van der Waals surface area (Å²) in [5, 5.41) is 3.37. The van der Waals surface area contributed by atoms with Crippen molar-refractivity contribution in [1.29, 1.82) is 0 Å². The molecule has 3 nitrogen and oxygen atoms in total. The molecule has 0 N–H and O–H groups in total. The molecule has 3 heteroatoms. The van der Waals surface area contributed by atoms with Gasteiger partial charge in [-0.2, -0.15) is 0 Å². The molecule has 0 rings (SSSR count). The van der Waals surface area contributed by atoms with E-state index in [1.165, 1.54) is 0 Å². The Balaban J connectivity index is 3.76. The van der Waals surface area contributed by atoms with Gasteiger partial charge in [0, 0.05) is 11.5 Å². The number of nitrogens with zero attached hydrogens (tertiary/aromatic N) is 3. The molecule has 0 fully saturated rings. The van der Waals surface area contributed by atoms with Crippen LogP contribution >= 0.6 is 0 Å². The zero-order valence-corrected chi connectivity index (χ0v) is 6.62. The third-order valence-corrected chi connectivity index (χ3v) is 1.07. The van der Waals surface area contributed by atoms with Gasteiger partial charge in [0.05, 0.1) is 0 Å². The molecule has 0 spiro atoms. The van der Waals surface area contributed by atoms with Crippen molar-refractivity contribution in [2.75, 3.05) is 6.54 Å². The number of allylic oxidation sites excluding steroid dienone is 1. The molecule has 0 bridgehead atoms. The smallest absolute Gasteiger partial charge is 0.0298 e. The summed E-state index contributed by atoms with van der Waals surface area (Å²) in [5.74, 6) is 0. The van der Waals surface area contributed by atoms with Gasteiger partial charge in [-0.3, -0.25) is 0 Å². The summed E-state index contributed by atoms with van der Waals surface area (Å²) in [7, 11) is 0. The number of hydrogen-bond acceptors (Lipinski definition) is 1. The van der Waals surface area contributed by atoms with Crippen molar-refractivity contribution >= 4 is 0 Å². The second-order valence-electron chi connectivity index (χ2n) is 1.98. The van der Waals surface area contributed by atoms with Crippen molar-refractivity contribution in [2.24, 2.45) is 5.11 Å². The Morgan fingerprint density at radius 1 is 1.82 bits per heavy atom. The second-order valence-corrected chi connectivity index (χ2v) is 1.98. The quantitative estimate of drug-likeness (QED) is 0.147. The summed E-state index contributed by atoms with van der Waals surface area (Å²) in [6, 6.07) is 0. The molecule has 0 aliphatic rings. The monoisotopic (exact) mass is 149 g/mol. The molecule has 58 valence electrons. The van der Waals surface area contributed by atoms with Gasteiger partial charge in [-0.25, -0.2) is 0 Å². The summed E-state index contributed by atoms with van der Waals surface area (Å²) in [6.45, 7) is 5.98. The Labute approximate surface area is 66.4 Å². The van der Waals surface area contributed by atoms with Gasteiger partial charge in [0.2, 0.25) is 0 Å². The average Bonchev–Trinajstić information content (AvgIpc) is 2.04. The van der Waals surface area contributed by atoms with Crippen molar-refractivity contribution in [3.05, 3.63) is 40.5 Å². The molecule has 11 heavy (non-hydrogen) atoms.